The van der Waals surface area contributed by atoms with Crippen LogP contribution in [-0.2, 0) is 4.79 Å². The van der Waals surface area contributed by atoms with Gasteiger partial charge in [-0.25, -0.2) is 4.98 Å². The predicted octanol–water partition coefficient (Wildman–Crippen LogP) is 3.56. The van der Waals surface area contributed by atoms with Crippen molar-refractivity contribution in [1.29, 1.82) is 0 Å². The van der Waals surface area contributed by atoms with Gasteiger partial charge in [0.2, 0.25) is 11.8 Å². The molecule has 0 saturated carbocycles. The number of carbonyl (C=O) groups excluding carboxylic acids is 1. The fourth-order valence-corrected chi connectivity index (χ4v) is 1.97. The average molecular weight is 284 g/mol. The van der Waals surface area contributed by atoms with E-state index in [0.29, 0.717) is 12.5 Å². The summed E-state index contributed by atoms with van der Waals surface area (Å²) in [5, 5.41) is 0.971. The Bertz CT molecular complexity index is 652. The fourth-order valence-electron chi connectivity index (χ4n) is 1.97. The van der Waals surface area contributed by atoms with Crippen LogP contribution in [0.5, 0.6) is 5.88 Å². The number of hydrogen-bond donors (Lipinski definition) is 0. The molecule has 0 N–H and O–H groups in total. The Morgan fingerprint density at radius 1 is 1.38 bits per heavy atom. The summed E-state index contributed by atoms with van der Waals surface area (Å²) in [6, 6.07) is 9.51. The van der Waals surface area contributed by atoms with Gasteiger partial charge < -0.3 is 9.64 Å². The number of aromatic nitrogens is 1. The van der Waals surface area contributed by atoms with Crippen molar-refractivity contribution in [3.8, 4) is 5.88 Å². The van der Waals surface area contributed by atoms with Crippen molar-refractivity contribution < 1.29 is 9.53 Å². The Hall–Kier alpha value is -2.36. The molecule has 0 unspecified atom stereocenters. The first-order valence-electron chi connectivity index (χ1n) is 7.09. The number of rotatable bonds is 6. The van der Waals surface area contributed by atoms with Gasteiger partial charge >= 0.3 is 0 Å². The lowest BCUT2D eigenvalue weighted by atomic mass is 10.2. The van der Waals surface area contributed by atoms with Gasteiger partial charge in [-0.15, -0.1) is 0 Å². The number of amides is 1. The number of pyridine rings is 1. The molecule has 1 heterocycles. The van der Waals surface area contributed by atoms with Gasteiger partial charge in [0.1, 0.15) is 0 Å². The average Bonchev–Trinajstić information content (AvgIpc) is 2.53. The Morgan fingerprint density at radius 3 is 2.90 bits per heavy atom. The lowest BCUT2D eigenvalue weighted by Gasteiger charge is -2.15. The van der Waals surface area contributed by atoms with Crippen LogP contribution in [0.2, 0.25) is 0 Å². The zero-order valence-corrected chi connectivity index (χ0v) is 12.5. The van der Waals surface area contributed by atoms with Crippen molar-refractivity contribution in [1.82, 2.24) is 4.98 Å². The van der Waals surface area contributed by atoms with E-state index in [0.717, 1.165) is 29.4 Å². The number of likely N-dealkylation sites (N-methyl/N-ethyl adjacent to an activating group) is 1. The van der Waals surface area contributed by atoms with Crippen LogP contribution in [0, 0.1) is 0 Å². The Morgan fingerprint density at radius 2 is 2.19 bits per heavy atom. The smallest absolute Gasteiger partial charge is 0.250 e. The monoisotopic (exact) mass is 284 g/mol. The highest BCUT2D eigenvalue weighted by Crippen LogP contribution is 2.22. The number of fused-ring (bicyclic) bond motifs is 1. The van der Waals surface area contributed by atoms with Gasteiger partial charge in [-0.1, -0.05) is 19.9 Å². The highest BCUT2D eigenvalue weighted by molar-refractivity contribution is 6.01. The quantitative estimate of drug-likeness (QED) is 0.601. The van der Waals surface area contributed by atoms with Crippen LogP contribution in [0.3, 0.4) is 0 Å². The molecule has 0 bridgehead atoms. The van der Waals surface area contributed by atoms with E-state index in [1.807, 2.05) is 30.3 Å². The summed E-state index contributed by atoms with van der Waals surface area (Å²) in [4.78, 5) is 17.6. The predicted molar refractivity (Wildman–Crippen MR) is 85.8 cm³/mol. The van der Waals surface area contributed by atoms with Gasteiger partial charge in [-0.2, -0.15) is 0 Å². The van der Waals surface area contributed by atoms with E-state index in [9.17, 15) is 4.79 Å². The number of carbonyl (C=O) groups is 1. The third kappa shape index (κ3) is 3.60. The minimum absolute atomic E-state index is 0.137. The summed E-state index contributed by atoms with van der Waals surface area (Å²) < 4.78 is 5.60. The van der Waals surface area contributed by atoms with Crippen molar-refractivity contribution in [2.45, 2.75) is 19.8 Å². The summed E-state index contributed by atoms with van der Waals surface area (Å²) in [6.07, 6.45) is 3.42. The van der Waals surface area contributed by atoms with Gasteiger partial charge in [0.05, 0.1) is 12.1 Å². The molecular formula is C17H20N2O2. The minimum Gasteiger partial charge on any atom is -0.478 e. The van der Waals surface area contributed by atoms with Crippen LogP contribution < -0.4 is 9.64 Å². The number of anilines is 1. The van der Waals surface area contributed by atoms with Crippen LogP contribution in [0.1, 0.15) is 19.8 Å². The zero-order valence-electron chi connectivity index (χ0n) is 12.5. The number of benzene rings is 1. The van der Waals surface area contributed by atoms with E-state index in [1.165, 1.54) is 6.08 Å². The fraction of sp³-hybridized carbons (Fsp3) is 0.294. The second-order valence-electron chi connectivity index (χ2n) is 4.83. The van der Waals surface area contributed by atoms with Gasteiger partial charge in [-0.05, 0) is 36.8 Å². The van der Waals surface area contributed by atoms with Gasteiger partial charge in [0, 0.05) is 24.2 Å². The first kappa shape index (κ1) is 15.0. The molecule has 0 aliphatic carbocycles. The summed E-state index contributed by atoms with van der Waals surface area (Å²) in [5.41, 5.74) is 1.67. The van der Waals surface area contributed by atoms with Crippen molar-refractivity contribution in [2.75, 3.05) is 18.6 Å². The summed E-state index contributed by atoms with van der Waals surface area (Å²) in [7, 11) is 1.72. The van der Waals surface area contributed by atoms with Crippen LogP contribution in [0.15, 0.2) is 43.0 Å². The normalized spacial score (nSPS) is 10.4. The van der Waals surface area contributed by atoms with Crippen molar-refractivity contribution in [2.24, 2.45) is 0 Å². The van der Waals surface area contributed by atoms with Crippen molar-refractivity contribution in [3.63, 3.8) is 0 Å². The molecule has 0 radical (unpaired) electrons. The molecular weight excluding hydrogens is 264 g/mol. The molecule has 0 aliphatic heterocycles. The molecule has 1 aromatic heterocycles. The Labute approximate surface area is 125 Å². The van der Waals surface area contributed by atoms with Gasteiger partial charge in [0.25, 0.3) is 0 Å². The molecule has 0 saturated heterocycles. The lowest BCUT2D eigenvalue weighted by molar-refractivity contribution is -0.113. The highest BCUT2D eigenvalue weighted by atomic mass is 16.5. The molecule has 0 fully saturated rings. The molecule has 1 aromatic carbocycles. The molecule has 2 rings (SSSR count). The second-order valence-corrected chi connectivity index (χ2v) is 4.83. The number of unbranched alkanes of at least 4 members (excludes halogenated alkanes) is 1. The van der Waals surface area contributed by atoms with E-state index >= 15 is 0 Å². The second kappa shape index (κ2) is 6.88. The van der Waals surface area contributed by atoms with E-state index in [1.54, 1.807) is 11.9 Å². The van der Waals surface area contributed by atoms with Gasteiger partial charge in [0.15, 0.2) is 0 Å². The minimum atomic E-state index is -0.137. The number of ether oxygens (including phenoxy) is 1. The molecule has 4 nitrogen and oxygen atoms in total. The SMILES string of the molecule is C=CC(=O)N(C)c1ccc2nc(OCCCC)ccc2c1. The molecule has 0 aliphatic rings. The van der Waals surface area contributed by atoms with Crippen LogP contribution in [0.4, 0.5) is 5.69 Å². The van der Waals surface area contributed by atoms with E-state index in [2.05, 4.69) is 18.5 Å². The molecule has 4 heteroatoms. The third-order valence-corrected chi connectivity index (χ3v) is 3.29. The maximum atomic E-state index is 11.6. The molecule has 1 amide bonds. The maximum absolute atomic E-state index is 11.6. The van der Waals surface area contributed by atoms with Crippen LogP contribution in [0.25, 0.3) is 10.9 Å². The van der Waals surface area contributed by atoms with E-state index in [-0.39, 0.29) is 5.91 Å². The zero-order chi connectivity index (χ0) is 15.2. The maximum Gasteiger partial charge on any atom is 0.250 e. The van der Waals surface area contributed by atoms with Crippen LogP contribution >= 0.6 is 0 Å². The Kier molecular flexibility index (Phi) is 4.93. The van der Waals surface area contributed by atoms with Gasteiger partial charge in [-0.3, -0.25) is 4.79 Å². The summed E-state index contributed by atoms with van der Waals surface area (Å²) >= 11 is 0. The lowest BCUT2D eigenvalue weighted by Crippen LogP contribution is -2.23. The number of hydrogen-bond acceptors (Lipinski definition) is 3. The molecule has 0 atom stereocenters. The first-order chi connectivity index (χ1) is 10.2. The molecule has 2 aromatic rings. The van der Waals surface area contributed by atoms with Crippen molar-refractivity contribution >= 4 is 22.5 Å². The van der Waals surface area contributed by atoms with E-state index in [4.69, 9.17) is 4.74 Å². The van der Waals surface area contributed by atoms with Crippen LogP contribution in [-0.4, -0.2) is 24.5 Å². The standard InChI is InChI=1S/C17H20N2O2/c1-4-6-11-21-16-10-7-13-12-14(8-9-15(13)18-16)19(3)17(20)5-2/h5,7-10,12H,2,4,6,11H2,1,3H3. The Balaban J connectivity index is 2.23. The highest BCUT2D eigenvalue weighted by Gasteiger charge is 2.08. The largest absolute Gasteiger partial charge is 0.478 e. The van der Waals surface area contributed by atoms with E-state index < -0.39 is 0 Å². The third-order valence-electron chi connectivity index (χ3n) is 3.29. The molecule has 110 valence electrons. The van der Waals surface area contributed by atoms with Crippen molar-refractivity contribution in [3.05, 3.63) is 43.0 Å². The molecule has 21 heavy (non-hydrogen) atoms. The summed E-state index contributed by atoms with van der Waals surface area (Å²) in [6.45, 7) is 6.31. The first-order valence-corrected chi connectivity index (χ1v) is 7.09. The number of nitrogens with zero attached hydrogens (tertiary/aromatic N) is 2. The molecule has 0 spiro atoms. The summed E-state index contributed by atoms with van der Waals surface area (Å²) in [5.74, 6) is 0.501. The topological polar surface area (TPSA) is 42.4 Å².